The maximum absolute atomic E-state index is 12.6. The zero-order chi connectivity index (χ0) is 21.8. The third-order valence-corrected chi connectivity index (χ3v) is 5.89. The number of fused-ring (bicyclic) bond motifs is 1. The molecule has 2 aromatic carbocycles. The van der Waals surface area contributed by atoms with Crippen molar-refractivity contribution < 1.29 is 4.79 Å². The zero-order valence-corrected chi connectivity index (χ0v) is 18.4. The van der Waals surface area contributed by atoms with Gasteiger partial charge in [-0.3, -0.25) is 14.3 Å². The number of carbonyl (C=O) groups excluding carboxylic acids is 1. The van der Waals surface area contributed by atoms with Crippen LogP contribution in [0.4, 0.5) is 5.69 Å². The first kappa shape index (κ1) is 21.1. The minimum atomic E-state index is -0.241. The van der Waals surface area contributed by atoms with Gasteiger partial charge in [0.05, 0.1) is 11.4 Å². The standard InChI is InChI=1S/C22H20ClN5O2S/c1-2-10-27-14-24-22-25-17(12-20(29)28(22)27)13-31-19-9-4-3-8-18(19)26-21(30)15-6-5-7-16(23)11-15/h3-9,11-12,14H,2,10,13H2,1H3,(H,26,30). The van der Waals surface area contributed by atoms with E-state index in [4.69, 9.17) is 11.6 Å². The average molecular weight is 454 g/mol. The van der Waals surface area contributed by atoms with Gasteiger partial charge in [0.1, 0.15) is 6.33 Å². The number of aryl methyl sites for hydroxylation is 1. The fourth-order valence-electron chi connectivity index (χ4n) is 3.14. The lowest BCUT2D eigenvalue weighted by atomic mass is 10.2. The van der Waals surface area contributed by atoms with Crippen LogP contribution in [0.2, 0.25) is 5.02 Å². The number of halogens is 1. The molecule has 0 atom stereocenters. The fourth-order valence-corrected chi connectivity index (χ4v) is 4.23. The lowest BCUT2D eigenvalue weighted by Gasteiger charge is -2.11. The van der Waals surface area contributed by atoms with Gasteiger partial charge in [-0.2, -0.15) is 9.50 Å². The number of aromatic nitrogens is 4. The Hall–Kier alpha value is -3.10. The molecule has 0 fully saturated rings. The largest absolute Gasteiger partial charge is 0.321 e. The highest BCUT2D eigenvalue weighted by Crippen LogP contribution is 2.29. The Kier molecular flexibility index (Phi) is 6.39. The minimum Gasteiger partial charge on any atom is -0.321 e. The molecular weight excluding hydrogens is 434 g/mol. The molecule has 0 spiro atoms. The summed E-state index contributed by atoms with van der Waals surface area (Å²) in [5.41, 5.74) is 1.64. The van der Waals surface area contributed by atoms with Crippen molar-refractivity contribution in [3.05, 3.63) is 87.6 Å². The zero-order valence-electron chi connectivity index (χ0n) is 16.8. The van der Waals surface area contributed by atoms with E-state index < -0.39 is 0 Å². The Balaban J connectivity index is 1.52. The van der Waals surface area contributed by atoms with E-state index in [1.807, 2.05) is 31.2 Å². The summed E-state index contributed by atoms with van der Waals surface area (Å²) in [5.74, 6) is 0.616. The lowest BCUT2D eigenvalue weighted by molar-refractivity contribution is 0.102. The summed E-state index contributed by atoms with van der Waals surface area (Å²) in [6.45, 7) is 2.74. The first-order chi connectivity index (χ1) is 15.0. The van der Waals surface area contributed by atoms with Crippen LogP contribution < -0.4 is 10.9 Å². The first-order valence-corrected chi connectivity index (χ1v) is 11.1. The van der Waals surface area contributed by atoms with Gasteiger partial charge in [-0.25, -0.2) is 4.98 Å². The topological polar surface area (TPSA) is 81.3 Å². The second kappa shape index (κ2) is 9.36. The van der Waals surface area contributed by atoms with Gasteiger partial charge in [0, 0.05) is 33.8 Å². The number of hydrogen-bond donors (Lipinski definition) is 1. The third-order valence-electron chi connectivity index (χ3n) is 4.55. The van der Waals surface area contributed by atoms with E-state index in [1.54, 1.807) is 35.3 Å². The van der Waals surface area contributed by atoms with Crippen molar-refractivity contribution in [2.24, 2.45) is 0 Å². The summed E-state index contributed by atoms with van der Waals surface area (Å²) in [6.07, 6.45) is 2.53. The highest BCUT2D eigenvalue weighted by atomic mass is 35.5. The van der Waals surface area contributed by atoms with Crippen molar-refractivity contribution in [2.75, 3.05) is 5.32 Å². The number of hydrogen-bond acceptors (Lipinski definition) is 5. The van der Waals surface area contributed by atoms with Gasteiger partial charge in [-0.15, -0.1) is 11.8 Å². The molecule has 4 rings (SSSR count). The van der Waals surface area contributed by atoms with Crippen LogP contribution in [-0.2, 0) is 12.3 Å². The smallest absolute Gasteiger partial charge is 0.274 e. The number of para-hydroxylation sites is 1. The summed E-state index contributed by atoms with van der Waals surface area (Å²) in [5, 5.41) is 3.43. The predicted octanol–water partition coefficient (Wildman–Crippen LogP) is 4.50. The number of rotatable bonds is 7. The van der Waals surface area contributed by atoms with Crippen LogP contribution in [0.5, 0.6) is 0 Å². The van der Waals surface area contributed by atoms with Gasteiger partial charge in [0.15, 0.2) is 0 Å². The van der Waals surface area contributed by atoms with Crippen LogP contribution in [0.15, 0.2) is 70.6 Å². The normalized spacial score (nSPS) is 11.0. The van der Waals surface area contributed by atoms with Gasteiger partial charge < -0.3 is 5.32 Å². The molecule has 0 radical (unpaired) electrons. The monoisotopic (exact) mass is 453 g/mol. The second-order valence-corrected chi connectivity index (χ2v) is 8.31. The molecule has 4 aromatic rings. The van der Waals surface area contributed by atoms with E-state index >= 15 is 0 Å². The maximum Gasteiger partial charge on any atom is 0.274 e. The number of nitrogens with zero attached hydrogens (tertiary/aromatic N) is 4. The third kappa shape index (κ3) is 4.81. The Morgan fingerprint density at radius 2 is 2.00 bits per heavy atom. The van der Waals surface area contributed by atoms with Gasteiger partial charge in [-0.05, 0) is 36.8 Å². The van der Waals surface area contributed by atoms with Crippen LogP contribution in [0, 0.1) is 0 Å². The van der Waals surface area contributed by atoms with E-state index in [-0.39, 0.29) is 11.5 Å². The van der Waals surface area contributed by atoms with E-state index in [1.165, 1.54) is 22.3 Å². The molecule has 0 aliphatic rings. The van der Waals surface area contributed by atoms with Crippen molar-refractivity contribution in [1.29, 1.82) is 0 Å². The molecule has 0 bridgehead atoms. The Morgan fingerprint density at radius 3 is 2.81 bits per heavy atom. The molecule has 2 heterocycles. The minimum absolute atomic E-state index is 0.158. The molecule has 158 valence electrons. The SMILES string of the molecule is CCCn1cnc2nc(CSc3ccccc3NC(=O)c3cccc(Cl)c3)cc(=O)n21. The fraction of sp³-hybridized carbons (Fsp3) is 0.182. The van der Waals surface area contributed by atoms with Crippen molar-refractivity contribution in [3.8, 4) is 0 Å². The van der Waals surface area contributed by atoms with Crippen molar-refractivity contribution in [2.45, 2.75) is 30.5 Å². The number of carbonyl (C=O) groups is 1. The molecule has 0 unspecified atom stereocenters. The molecule has 1 amide bonds. The second-order valence-electron chi connectivity index (χ2n) is 6.85. The van der Waals surface area contributed by atoms with Crippen molar-refractivity contribution >= 4 is 40.7 Å². The van der Waals surface area contributed by atoms with E-state index in [0.29, 0.717) is 40.0 Å². The average Bonchev–Trinajstić information content (AvgIpc) is 3.16. The summed E-state index contributed by atoms with van der Waals surface area (Å²) in [7, 11) is 0. The van der Waals surface area contributed by atoms with E-state index in [9.17, 15) is 9.59 Å². The van der Waals surface area contributed by atoms with Crippen LogP contribution in [0.25, 0.3) is 5.78 Å². The molecule has 1 N–H and O–H groups in total. The van der Waals surface area contributed by atoms with Crippen LogP contribution in [-0.4, -0.2) is 25.1 Å². The summed E-state index contributed by atoms with van der Waals surface area (Å²) < 4.78 is 3.25. The number of thioether (sulfide) groups is 1. The summed E-state index contributed by atoms with van der Waals surface area (Å²) >= 11 is 7.48. The highest BCUT2D eigenvalue weighted by molar-refractivity contribution is 7.98. The molecular formula is C22H20ClN5O2S. The predicted molar refractivity (Wildman–Crippen MR) is 123 cm³/mol. The van der Waals surface area contributed by atoms with Crippen LogP contribution >= 0.6 is 23.4 Å². The summed E-state index contributed by atoms with van der Waals surface area (Å²) in [6, 6.07) is 15.8. The van der Waals surface area contributed by atoms with E-state index in [2.05, 4.69) is 15.3 Å². The molecule has 0 aliphatic heterocycles. The molecule has 0 saturated carbocycles. The molecule has 31 heavy (non-hydrogen) atoms. The van der Waals surface area contributed by atoms with Gasteiger partial charge in [0.2, 0.25) is 0 Å². The maximum atomic E-state index is 12.6. The van der Waals surface area contributed by atoms with E-state index in [0.717, 1.165) is 11.3 Å². The summed E-state index contributed by atoms with van der Waals surface area (Å²) in [4.78, 5) is 34.8. The Bertz CT molecular complexity index is 1300. The van der Waals surface area contributed by atoms with Gasteiger partial charge in [0.25, 0.3) is 17.2 Å². The Morgan fingerprint density at radius 1 is 1.16 bits per heavy atom. The lowest BCUT2D eigenvalue weighted by Crippen LogP contribution is -2.21. The van der Waals surface area contributed by atoms with Crippen LogP contribution in [0.3, 0.4) is 0 Å². The molecule has 0 aliphatic carbocycles. The van der Waals surface area contributed by atoms with Gasteiger partial charge in [-0.1, -0.05) is 36.7 Å². The quantitative estimate of drug-likeness (QED) is 0.417. The van der Waals surface area contributed by atoms with Crippen molar-refractivity contribution in [1.82, 2.24) is 19.2 Å². The first-order valence-electron chi connectivity index (χ1n) is 9.78. The number of benzene rings is 2. The number of nitrogens with one attached hydrogen (secondary N) is 1. The molecule has 0 saturated heterocycles. The number of amides is 1. The van der Waals surface area contributed by atoms with Crippen molar-refractivity contribution in [3.63, 3.8) is 0 Å². The number of anilines is 1. The Labute approximate surface area is 188 Å². The molecule has 9 heteroatoms. The van der Waals surface area contributed by atoms with Gasteiger partial charge >= 0.3 is 0 Å². The molecule has 2 aromatic heterocycles. The van der Waals surface area contributed by atoms with Crippen LogP contribution in [0.1, 0.15) is 29.4 Å². The highest BCUT2D eigenvalue weighted by Gasteiger charge is 2.12. The molecule has 7 nitrogen and oxygen atoms in total.